The Morgan fingerprint density at radius 1 is 1.06 bits per heavy atom. The van der Waals surface area contributed by atoms with E-state index in [0.717, 1.165) is 5.56 Å². The minimum absolute atomic E-state index is 0.107. The van der Waals surface area contributed by atoms with Gasteiger partial charge in [0.1, 0.15) is 0 Å². The van der Waals surface area contributed by atoms with Gasteiger partial charge in [-0.05, 0) is 26.0 Å². The molecular formula is C14H15NO2. The zero-order chi connectivity index (χ0) is 12.5. The smallest absolute Gasteiger partial charge is 0.255 e. The molecule has 0 radical (unpaired) electrons. The zero-order valence-electron chi connectivity index (χ0n) is 9.92. The van der Waals surface area contributed by atoms with E-state index in [-0.39, 0.29) is 5.56 Å². The summed E-state index contributed by atoms with van der Waals surface area (Å²) in [7, 11) is 0. The van der Waals surface area contributed by atoms with E-state index >= 15 is 0 Å². The van der Waals surface area contributed by atoms with E-state index in [2.05, 4.69) is 0 Å². The van der Waals surface area contributed by atoms with Gasteiger partial charge in [-0.1, -0.05) is 24.3 Å². The maximum atomic E-state index is 11.8. The number of hydrogen-bond donors (Lipinski definition) is 1. The van der Waals surface area contributed by atoms with Crippen molar-refractivity contribution >= 4 is 0 Å². The Morgan fingerprint density at radius 3 is 2.35 bits per heavy atom. The number of rotatable bonds is 2. The Bertz CT molecular complexity index is 579. The third-order valence-corrected chi connectivity index (χ3v) is 2.65. The van der Waals surface area contributed by atoms with Gasteiger partial charge in [-0.15, -0.1) is 0 Å². The molecule has 0 amide bonds. The molecule has 0 aliphatic carbocycles. The lowest BCUT2D eigenvalue weighted by atomic mass is 9.96. The van der Waals surface area contributed by atoms with Crippen molar-refractivity contribution in [2.45, 2.75) is 19.4 Å². The number of nitrogens with zero attached hydrogens (tertiary/aromatic N) is 1. The fraction of sp³-hybridized carbons (Fsp3) is 0.214. The first-order valence-electron chi connectivity index (χ1n) is 5.50. The molecule has 0 saturated heterocycles. The van der Waals surface area contributed by atoms with Gasteiger partial charge in [0.2, 0.25) is 0 Å². The quantitative estimate of drug-likeness (QED) is 0.856. The second kappa shape index (κ2) is 4.18. The maximum Gasteiger partial charge on any atom is 0.255 e. The van der Waals surface area contributed by atoms with Crippen molar-refractivity contribution in [3.05, 3.63) is 64.6 Å². The molecule has 3 heteroatoms. The second-order valence-corrected chi connectivity index (χ2v) is 4.49. The van der Waals surface area contributed by atoms with Gasteiger partial charge in [0.25, 0.3) is 5.56 Å². The van der Waals surface area contributed by atoms with Crippen LogP contribution in [0.4, 0.5) is 0 Å². The Balaban J connectivity index is 2.69. The normalized spacial score (nSPS) is 11.5. The third kappa shape index (κ3) is 2.29. The molecule has 88 valence electrons. The first-order valence-corrected chi connectivity index (χ1v) is 5.50. The number of para-hydroxylation sites is 1. The molecule has 0 bridgehead atoms. The predicted octanol–water partition coefficient (Wildman–Crippen LogP) is 2.06. The van der Waals surface area contributed by atoms with Crippen LogP contribution in [0.2, 0.25) is 0 Å². The van der Waals surface area contributed by atoms with Crippen LogP contribution in [-0.2, 0) is 5.60 Å². The highest BCUT2D eigenvalue weighted by Gasteiger charge is 2.20. The van der Waals surface area contributed by atoms with Gasteiger partial charge < -0.3 is 5.11 Å². The molecule has 1 aromatic heterocycles. The molecule has 0 atom stereocenters. The molecule has 2 rings (SSSR count). The molecule has 3 nitrogen and oxygen atoms in total. The Labute approximate surface area is 100.0 Å². The highest BCUT2D eigenvalue weighted by molar-refractivity contribution is 5.44. The Hall–Kier alpha value is -1.87. The SMILES string of the molecule is CC(C)(O)c1ccccc1-n1ccccc1=O. The molecule has 0 fully saturated rings. The summed E-state index contributed by atoms with van der Waals surface area (Å²) in [5.41, 5.74) is 0.356. The van der Waals surface area contributed by atoms with Crippen LogP contribution < -0.4 is 5.56 Å². The van der Waals surface area contributed by atoms with Crippen molar-refractivity contribution < 1.29 is 5.11 Å². The summed E-state index contributed by atoms with van der Waals surface area (Å²) in [6.07, 6.45) is 1.70. The van der Waals surface area contributed by atoms with Crippen molar-refractivity contribution in [2.75, 3.05) is 0 Å². The average molecular weight is 229 g/mol. The van der Waals surface area contributed by atoms with Gasteiger partial charge in [-0.3, -0.25) is 9.36 Å². The molecule has 1 aromatic carbocycles. The van der Waals surface area contributed by atoms with E-state index in [1.54, 1.807) is 32.2 Å². The Kier molecular flexibility index (Phi) is 2.86. The summed E-state index contributed by atoms with van der Waals surface area (Å²) in [6.45, 7) is 3.42. The van der Waals surface area contributed by atoms with E-state index in [9.17, 15) is 9.90 Å². The van der Waals surface area contributed by atoms with Crippen LogP contribution in [0.15, 0.2) is 53.5 Å². The number of benzene rings is 1. The lowest BCUT2D eigenvalue weighted by molar-refractivity contribution is 0.0785. The lowest BCUT2D eigenvalue weighted by Gasteiger charge is -2.22. The van der Waals surface area contributed by atoms with E-state index in [4.69, 9.17) is 0 Å². The fourth-order valence-corrected chi connectivity index (χ4v) is 1.83. The monoisotopic (exact) mass is 229 g/mol. The van der Waals surface area contributed by atoms with Crippen molar-refractivity contribution in [1.82, 2.24) is 4.57 Å². The van der Waals surface area contributed by atoms with Gasteiger partial charge in [0, 0.05) is 17.8 Å². The largest absolute Gasteiger partial charge is 0.386 e. The lowest BCUT2D eigenvalue weighted by Crippen LogP contribution is -2.23. The number of aliphatic hydroxyl groups is 1. The molecule has 0 unspecified atom stereocenters. The summed E-state index contributed by atoms with van der Waals surface area (Å²) < 4.78 is 1.54. The molecule has 0 aliphatic rings. The standard InChI is InChI=1S/C14H15NO2/c1-14(2,17)11-7-3-4-8-12(11)15-10-6-5-9-13(15)16/h3-10,17H,1-2H3. The summed E-state index contributed by atoms with van der Waals surface area (Å²) in [4.78, 5) is 11.8. The highest BCUT2D eigenvalue weighted by Crippen LogP contribution is 2.25. The van der Waals surface area contributed by atoms with Crippen LogP contribution in [-0.4, -0.2) is 9.67 Å². The third-order valence-electron chi connectivity index (χ3n) is 2.65. The second-order valence-electron chi connectivity index (χ2n) is 4.49. The van der Waals surface area contributed by atoms with Crippen LogP contribution in [0.25, 0.3) is 5.69 Å². The molecule has 1 N–H and O–H groups in total. The zero-order valence-corrected chi connectivity index (χ0v) is 9.92. The molecular weight excluding hydrogens is 214 g/mol. The van der Waals surface area contributed by atoms with Crippen LogP contribution in [0.3, 0.4) is 0 Å². The van der Waals surface area contributed by atoms with Gasteiger partial charge in [0.15, 0.2) is 0 Å². The molecule has 1 heterocycles. The molecule has 0 saturated carbocycles. The minimum Gasteiger partial charge on any atom is -0.386 e. The fourth-order valence-electron chi connectivity index (χ4n) is 1.83. The van der Waals surface area contributed by atoms with E-state index < -0.39 is 5.60 Å². The Morgan fingerprint density at radius 2 is 1.71 bits per heavy atom. The predicted molar refractivity (Wildman–Crippen MR) is 67.3 cm³/mol. The molecule has 2 aromatic rings. The number of aromatic nitrogens is 1. The van der Waals surface area contributed by atoms with Gasteiger partial charge >= 0.3 is 0 Å². The average Bonchev–Trinajstić information content (AvgIpc) is 2.28. The number of hydrogen-bond acceptors (Lipinski definition) is 2. The summed E-state index contributed by atoms with van der Waals surface area (Å²) in [6, 6.07) is 12.4. The van der Waals surface area contributed by atoms with Crippen LogP contribution in [0, 0.1) is 0 Å². The van der Waals surface area contributed by atoms with Crippen LogP contribution in [0.1, 0.15) is 19.4 Å². The van der Waals surface area contributed by atoms with Gasteiger partial charge in [-0.2, -0.15) is 0 Å². The number of pyridine rings is 1. The van der Waals surface area contributed by atoms with Crippen LogP contribution >= 0.6 is 0 Å². The molecule has 17 heavy (non-hydrogen) atoms. The highest BCUT2D eigenvalue weighted by atomic mass is 16.3. The van der Waals surface area contributed by atoms with E-state index in [1.165, 1.54) is 10.6 Å². The molecule has 0 spiro atoms. The topological polar surface area (TPSA) is 42.2 Å². The van der Waals surface area contributed by atoms with Crippen molar-refractivity contribution in [1.29, 1.82) is 0 Å². The maximum absolute atomic E-state index is 11.8. The minimum atomic E-state index is -0.980. The summed E-state index contributed by atoms with van der Waals surface area (Å²) >= 11 is 0. The molecule has 0 aliphatic heterocycles. The summed E-state index contributed by atoms with van der Waals surface area (Å²) in [5, 5.41) is 10.1. The van der Waals surface area contributed by atoms with Crippen molar-refractivity contribution in [2.24, 2.45) is 0 Å². The summed E-state index contributed by atoms with van der Waals surface area (Å²) in [5.74, 6) is 0. The van der Waals surface area contributed by atoms with Crippen molar-refractivity contribution in [3.8, 4) is 5.69 Å². The van der Waals surface area contributed by atoms with Gasteiger partial charge in [0.05, 0.1) is 11.3 Å². The van der Waals surface area contributed by atoms with Crippen LogP contribution in [0.5, 0.6) is 0 Å². The van der Waals surface area contributed by atoms with E-state index in [0.29, 0.717) is 5.69 Å². The first-order chi connectivity index (χ1) is 8.00. The van der Waals surface area contributed by atoms with Crippen molar-refractivity contribution in [3.63, 3.8) is 0 Å². The first kappa shape index (κ1) is 11.6. The van der Waals surface area contributed by atoms with E-state index in [1.807, 2.05) is 24.3 Å². The van der Waals surface area contributed by atoms with Gasteiger partial charge in [-0.25, -0.2) is 0 Å².